The first-order valence-corrected chi connectivity index (χ1v) is 7.47. The van der Waals surface area contributed by atoms with E-state index in [1.807, 2.05) is 36.4 Å². The van der Waals surface area contributed by atoms with Gasteiger partial charge in [0, 0.05) is 0 Å². The Balaban J connectivity index is 2.74. The lowest BCUT2D eigenvalue weighted by Gasteiger charge is -2.44. The minimum atomic E-state index is -1.04. The molecule has 3 heteroatoms. The van der Waals surface area contributed by atoms with E-state index in [-0.39, 0.29) is 5.54 Å². The summed E-state index contributed by atoms with van der Waals surface area (Å²) in [7, 11) is -1.04. The molecular formula is C16H20NOSi+. The summed E-state index contributed by atoms with van der Waals surface area (Å²) in [5.41, 5.74) is 1.98. The van der Waals surface area contributed by atoms with Crippen molar-refractivity contribution in [2.75, 3.05) is 0 Å². The predicted molar refractivity (Wildman–Crippen MR) is 81.9 cm³/mol. The Hall–Kier alpha value is -1.58. The van der Waals surface area contributed by atoms with Gasteiger partial charge in [0.05, 0.1) is 5.54 Å². The fourth-order valence-corrected chi connectivity index (χ4v) is 3.43. The Labute approximate surface area is 117 Å². The molecule has 0 amide bonds. The third kappa shape index (κ3) is 2.31. The molecule has 0 heterocycles. The van der Waals surface area contributed by atoms with Gasteiger partial charge < -0.3 is 4.46 Å². The Morgan fingerprint density at radius 1 is 0.789 bits per heavy atom. The Morgan fingerprint density at radius 3 is 1.42 bits per heavy atom. The van der Waals surface area contributed by atoms with Crippen LogP contribution >= 0.6 is 0 Å². The molecule has 98 valence electrons. The molecule has 0 unspecified atom stereocenters. The molecule has 2 aromatic carbocycles. The molecular weight excluding hydrogens is 250 g/mol. The normalized spacial score (nSPS) is 12.2. The molecule has 0 aliphatic rings. The Kier molecular flexibility index (Phi) is 3.78. The van der Waals surface area contributed by atoms with E-state index in [1.54, 1.807) is 0 Å². The van der Waals surface area contributed by atoms with Crippen molar-refractivity contribution in [1.29, 1.82) is 0 Å². The van der Waals surface area contributed by atoms with Gasteiger partial charge >= 0.3 is 9.57 Å². The van der Waals surface area contributed by atoms with Crippen molar-refractivity contribution >= 4 is 20.9 Å². The molecule has 0 aliphatic carbocycles. The van der Waals surface area contributed by atoms with Crippen molar-refractivity contribution in [2.24, 2.45) is 0 Å². The number of hydrogen-bond acceptors (Lipinski definition) is 1. The first kappa shape index (κ1) is 13.8. The second kappa shape index (κ2) is 5.19. The average molecular weight is 270 g/mol. The largest absolute Gasteiger partial charge is 0.549 e. The van der Waals surface area contributed by atoms with E-state index in [4.69, 9.17) is 0 Å². The van der Waals surface area contributed by atoms with Crippen LogP contribution < -0.4 is 4.15 Å². The highest BCUT2D eigenvalue weighted by Gasteiger charge is 2.44. The Bertz CT molecular complexity index is 506. The van der Waals surface area contributed by atoms with Gasteiger partial charge in [-0.2, -0.15) is 0 Å². The van der Waals surface area contributed by atoms with Crippen molar-refractivity contribution < 1.29 is 4.46 Å². The van der Waals surface area contributed by atoms with Crippen LogP contribution in [0.25, 0.3) is 0 Å². The van der Waals surface area contributed by atoms with Gasteiger partial charge in [-0.25, -0.2) is 0 Å². The fraction of sp³-hybridized carbons (Fsp3) is 0.250. The molecule has 0 saturated carbocycles. The highest BCUT2D eigenvalue weighted by atomic mass is 28.2. The molecule has 2 nitrogen and oxygen atoms in total. The van der Waals surface area contributed by atoms with Gasteiger partial charge in [0.25, 0.3) is 0 Å². The minimum Gasteiger partial charge on any atom is -0.312 e. The summed E-state index contributed by atoms with van der Waals surface area (Å²) in [6.45, 7) is 6.41. The fourth-order valence-electron chi connectivity index (χ4n) is 2.53. The van der Waals surface area contributed by atoms with Crippen molar-refractivity contribution in [2.45, 2.75) is 26.3 Å². The SMILES string of the molecule is CC(C)(C)[N+]([SiH]=O)(c1ccccc1)c1ccccc1. The van der Waals surface area contributed by atoms with Crippen LogP contribution in [0, 0.1) is 0 Å². The lowest BCUT2D eigenvalue weighted by molar-refractivity contribution is 0.319. The molecule has 0 fully saturated rings. The number of nitrogens with zero attached hydrogens (tertiary/aromatic N) is 1. The second-order valence-corrected chi connectivity index (χ2v) is 6.66. The van der Waals surface area contributed by atoms with Gasteiger partial charge in [-0.15, -0.1) is 0 Å². The number of quaternary nitrogens is 1. The first-order chi connectivity index (χ1) is 9.02. The smallest absolute Gasteiger partial charge is 0.312 e. The number of benzene rings is 2. The topological polar surface area (TPSA) is 17.1 Å². The summed E-state index contributed by atoms with van der Waals surface area (Å²) in [5, 5.41) is 0. The van der Waals surface area contributed by atoms with Crippen LogP contribution in [0.2, 0.25) is 0 Å². The monoisotopic (exact) mass is 270 g/mol. The summed E-state index contributed by atoms with van der Waals surface area (Å²) in [4.78, 5) is 0. The summed E-state index contributed by atoms with van der Waals surface area (Å²) >= 11 is 0. The zero-order valence-electron chi connectivity index (χ0n) is 11.7. The van der Waals surface area contributed by atoms with Crippen molar-refractivity contribution in [3.05, 3.63) is 60.7 Å². The Morgan fingerprint density at radius 2 is 1.16 bits per heavy atom. The molecule has 0 spiro atoms. The molecule has 0 saturated heterocycles. The molecule has 0 aliphatic heterocycles. The van der Waals surface area contributed by atoms with Crippen LogP contribution in [0.1, 0.15) is 20.8 Å². The van der Waals surface area contributed by atoms with Gasteiger partial charge in [0.1, 0.15) is 11.4 Å². The first-order valence-electron chi connectivity index (χ1n) is 6.49. The van der Waals surface area contributed by atoms with E-state index < -0.39 is 9.57 Å². The minimum absolute atomic E-state index is 0.167. The standard InChI is InChI=1S/C16H20NOSi/c1-16(2,3)17(19-18,14-10-6-4-7-11-14)15-12-8-5-9-13-15/h4-13,19H,1-3H3/q+1. The van der Waals surface area contributed by atoms with E-state index in [0.29, 0.717) is 4.15 Å². The number of para-hydroxylation sites is 2. The molecule has 19 heavy (non-hydrogen) atoms. The highest BCUT2D eigenvalue weighted by Crippen LogP contribution is 2.40. The highest BCUT2D eigenvalue weighted by molar-refractivity contribution is 6.24. The van der Waals surface area contributed by atoms with Gasteiger partial charge in [0.15, 0.2) is 0 Å². The van der Waals surface area contributed by atoms with Gasteiger partial charge in [0.2, 0.25) is 0 Å². The van der Waals surface area contributed by atoms with E-state index in [0.717, 1.165) is 11.4 Å². The maximum atomic E-state index is 12.3. The molecule has 0 radical (unpaired) electrons. The van der Waals surface area contributed by atoms with E-state index >= 15 is 0 Å². The van der Waals surface area contributed by atoms with Crippen LogP contribution in [0.5, 0.6) is 0 Å². The maximum Gasteiger partial charge on any atom is 0.549 e. The number of hydrogen-bond donors (Lipinski definition) is 0. The zero-order valence-corrected chi connectivity index (χ0v) is 12.9. The predicted octanol–water partition coefficient (Wildman–Crippen LogP) is 3.82. The van der Waals surface area contributed by atoms with Gasteiger partial charge in [-0.1, -0.05) is 36.4 Å². The maximum absolute atomic E-state index is 12.3. The summed E-state index contributed by atoms with van der Waals surface area (Å²) < 4.78 is 12.7. The molecule has 0 bridgehead atoms. The van der Waals surface area contributed by atoms with Crippen molar-refractivity contribution in [3.8, 4) is 0 Å². The van der Waals surface area contributed by atoms with E-state index in [1.165, 1.54) is 0 Å². The zero-order chi connectivity index (χ0) is 13.9. The second-order valence-electron chi connectivity index (χ2n) is 5.67. The van der Waals surface area contributed by atoms with Crippen LogP contribution in [0.15, 0.2) is 60.7 Å². The van der Waals surface area contributed by atoms with Crippen molar-refractivity contribution in [1.82, 2.24) is 4.15 Å². The lowest BCUT2D eigenvalue weighted by Crippen LogP contribution is -2.57. The van der Waals surface area contributed by atoms with Gasteiger partial charge in [-0.05, 0) is 45.0 Å². The van der Waals surface area contributed by atoms with E-state index in [2.05, 4.69) is 45.0 Å². The van der Waals surface area contributed by atoms with Crippen LogP contribution in [0.4, 0.5) is 11.4 Å². The summed E-state index contributed by atoms with van der Waals surface area (Å²) in [6, 6.07) is 20.2. The van der Waals surface area contributed by atoms with Crippen LogP contribution in [0.3, 0.4) is 0 Å². The summed E-state index contributed by atoms with van der Waals surface area (Å²) in [5.74, 6) is 0. The van der Waals surface area contributed by atoms with Crippen molar-refractivity contribution in [3.63, 3.8) is 0 Å². The third-order valence-corrected chi connectivity index (χ3v) is 5.23. The molecule has 0 atom stereocenters. The molecule has 0 aromatic heterocycles. The van der Waals surface area contributed by atoms with Crippen LogP contribution in [-0.4, -0.2) is 15.1 Å². The molecule has 2 rings (SSSR count). The van der Waals surface area contributed by atoms with Crippen LogP contribution in [-0.2, 0) is 4.46 Å². The average Bonchev–Trinajstić information content (AvgIpc) is 2.41. The lowest BCUT2D eigenvalue weighted by atomic mass is 10.0. The quantitative estimate of drug-likeness (QED) is 0.775. The van der Waals surface area contributed by atoms with Gasteiger partial charge in [-0.3, -0.25) is 4.15 Å². The molecule has 2 aromatic rings. The van der Waals surface area contributed by atoms with E-state index in [9.17, 15) is 4.46 Å². The summed E-state index contributed by atoms with van der Waals surface area (Å²) in [6.07, 6.45) is 0. The number of rotatable bonds is 3. The molecule has 0 N–H and O–H groups in total. The third-order valence-electron chi connectivity index (χ3n) is 3.54.